The number of amides is 1. The van der Waals surface area contributed by atoms with E-state index in [-0.39, 0.29) is 17.2 Å². The third-order valence-electron chi connectivity index (χ3n) is 3.03. The van der Waals surface area contributed by atoms with Gasteiger partial charge in [0, 0.05) is 6.07 Å². The molecule has 0 unspecified atom stereocenters. The molecule has 0 fully saturated rings. The summed E-state index contributed by atoms with van der Waals surface area (Å²) < 4.78 is 1.62. The molecular formula is C16H13N3O2. The fourth-order valence-electron chi connectivity index (χ4n) is 2.02. The van der Waals surface area contributed by atoms with Crippen molar-refractivity contribution in [3.8, 4) is 11.4 Å². The largest absolute Gasteiger partial charge is 0.507 e. The maximum absolute atomic E-state index is 12.2. The van der Waals surface area contributed by atoms with Gasteiger partial charge in [-0.3, -0.25) is 4.79 Å². The smallest absolute Gasteiger partial charge is 0.260 e. The quantitative estimate of drug-likeness (QED) is 0.774. The van der Waals surface area contributed by atoms with Gasteiger partial charge in [0.25, 0.3) is 5.91 Å². The molecule has 0 saturated heterocycles. The molecule has 0 aliphatic carbocycles. The summed E-state index contributed by atoms with van der Waals surface area (Å²) in [6.07, 6.45) is 1.60. The molecule has 5 nitrogen and oxygen atoms in total. The third kappa shape index (κ3) is 2.62. The van der Waals surface area contributed by atoms with E-state index in [1.165, 1.54) is 6.07 Å². The van der Waals surface area contributed by atoms with Gasteiger partial charge in [-0.2, -0.15) is 5.10 Å². The molecule has 2 aromatic carbocycles. The second kappa shape index (κ2) is 5.50. The second-order valence-corrected chi connectivity index (χ2v) is 4.44. The summed E-state index contributed by atoms with van der Waals surface area (Å²) in [6.45, 7) is 0. The fraction of sp³-hybridized carbons (Fsp3) is 0. The standard InChI is InChI=1S/C16H13N3O2/c20-14-9-5-4-8-13(14)16(21)18-15-10-11-17-19(15)12-6-2-1-3-7-12/h1-11,20H,(H,18,21). The molecule has 5 heteroatoms. The molecule has 104 valence electrons. The molecular weight excluding hydrogens is 266 g/mol. The van der Waals surface area contributed by atoms with Crippen LogP contribution in [0.5, 0.6) is 5.75 Å². The lowest BCUT2D eigenvalue weighted by Gasteiger charge is -2.09. The molecule has 0 radical (unpaired) electrons. The van der Waals surface area contributed by atoms with E-state index in [0.29, 0.717) is 5.82 Å². The first-order chi connectivity index (χ1) is 10.3. The monoisotopic (exact) mass is 279 g/mol. The van der Waals surface area contributed by atoms with Gasteiger partial charge in [0.05, 0.1) is 17.4 Å². The lowest BCUT2D eigenvalue weighted by molar-refractivity contribution is 0.102. The maximum atomic E-state index is 12.2. The summed E-state index contributed by atoms with van der Waals surface area (Å²) >= 11 is 0. The number of carbonyl (C=O) groups excluding carboxylic acids is 1. The third-order valence-corrected chi connectivity index (χ3v) is 3.03. The number of phenolic OH excluding ortho intramolecular Hbond substituents is 1. The van der Waals surface area contributed by atoms with Crippen molar-refractivity contribution in [1.29, 1.82) is 0 Å². The normalized spacial score (nSPS) is 10.3. The number of nitrogens with zero attached hydrogens (tertiary/aromatic N) is 2. The van der Waals surface area contributed by atoms with Gasteiger partial charge in [-0.1, -0.05) is 30.3 Å². The molecule has 1 aromatic heterocycles. The number of hydrogen-bond donors (Lipinski definition) is 2. The topological polar surface area (TPSA) is 67.2 Å². The van der Waals surface area contributed by atoms with E-state index >= 15 is 0 Å². The first-order valence-corrected chi connectivity index (χ1v) is 6.44. The van der Waals surface area contributed by atoms with Crippen LogP contribution in [0.3, 0.4) is 0 Å². The van der Waals surface area contributed by atoms with Gasteiger partial charge in [-0.05, 0) is 24.3 Å². The Balaban J connectivity index is 1.89. The first-order valence-electron chi connectivity index (χ1n) is 6.44. The van der Waals surface area contributed by atoms with Gasteiger partial charge in [0.15, 0.2) is 0 Å². The molecule has 21 heavy (non-hydrogen) atoms. The van der Waals surface area contributed by atoms with E-state index < -0.39 is 0 Å². The Labute approximate surface area is 121 Å². The average Bonchev–Trinajstić information content (AvgIpc) is 2.96. The van der Waals surface area contributed by atoms with Gasteiger partial charge < -0.3 is 10.4 Å². The van der Waals surface area contributed by atoms with Crippen molar-refractivity contribution in [3.05, 3.63) is 72.4 Å². The van der Waals surface area contributed by atoms with Crippen LogP contribution in [-0.4, -0.2) is 20.8 Å². The molecule has 0 atom stereocenters. The Hall–Kier alpha value is -3.08. The lowest BCUT2D eigenvalue weighted by atomic mass is 10.2. The van der Waals surface area contributed by atoms with E-state index in [4.69, 9.17) is 0 Å². The Bertz CT molecular complexity index is 766. The Morgan fingerprint density at radius 2 is 1.71 bits per heavy atom. The number of benzene rings is 2. The molecule has 3 aromatic rings. The van der Waals surface area contributed by atoms with Crippen LogP contribution in [0.25, 0.3) is 5.69 Å². The highest BCUT2D eigenvalue weighted by molar-refractivity contribution is 6.05. The summed E-state index contributed by atoms with van der Waals surface area (Å²) in [5.41, 5.74) is 1.06. The van der Waals surface area contributed by atoms with Crippen LogP contribution >= 0.6 is 0 Å². The molecule has 0 bridgehead atoms. The lowest BCUT2D eigenvalue weighted by Crippen LogP contribution is -2.15. The van der Waals surface area contributed by atoms with Crippen molar-refractivity contribution in [3.63, 3.8) is 0 Å². The van der Waals surface area contributed by atoms with E-state index in [1.807, 2.05) is 30.3 Å². The van der Waals surface area contributed by atoms with Crippen molar-refractivity contribution >= 4 is 11.7 Å². The van der Waals surface area contributed by atoms with Crippen LogP contribution in [0.1, 0.15) is 10.4 Å². The molecule has 0 spiro atoms. The molecule has 0 saturated carbocycles. The molecule has 0 aliphatic heterocycles. The van der Waals surface area contributed by atoms with Gasteiger partial charge in [0.1, 0.15) is 11.6 Å². The van der Waals surface area contributed by atoms with Crippen molar-refractivity contribution < 1.29 is 9.90 Å². The Morgan fingerprint density at radius 1 is 1.00 bits per heavy atom. The number of rotatable bonds is 3. The first kappa shape index (κ1) is 12.9. The molecule has 2 N–H and O–H groups in total. The molecule has 0 aliphatic rings. The van der Waals surface area contributed by atoms with Crippen molar-refractivity contribution in [2.75, 3.05) is 5.32 Å². The highest BCUT2D eigenvalue weighted by Crippen LogP contribution is 2.19. The fourth-order valence-corrected chi connectivity index (χ4v) is 2.02. The predicted octanol–water partition coefficient (Wildman–Crippen LogP) is 2.83. The summed E-state index contributed by atoms with van der Waals surface area (Å²) in [7, 11) is 0. The van der Waals surface area contributed by atoms with E-state index in [0.717, 1.165) is 5.69 Å². The summed E-state index contributed by atoms with van der Waals surface area (Å²) in [6, 6.07) is 17.6. The Kier molecular flexibility index (Phi) is 3.39. The van der Waals surface area contributed by atoms with Gasteiger partial charge in [-0.15, -0.1) is 0 Å². The number of aromatic hydroxyl groups is 1. The molecule has 1 heterocycles. The van der Waals surface area contributed by atoms with Crippen molar-refractivity contribution in [1.82, 2.24) is 9.78 Å². The maximum Gasteiger partial charge on any atom is 0.260 e. The Morgan fingerprint density at radius 3 is 2.48 bits per heavy atom. The number of hydrogen-bond acceptors (Lipinski definition) is 3. The van der Waals surface area contributed by atoms with Gasteiger partial charge >= 0.3 is 0 Å². The highest BCUT2D eigenvalue weighted by atomic mass is 16.3. The van der Waals surface area contributed by atoms with E-state index in [1.54, 1.807) is 35.1 Å². The number of anilines is 1. The summed E-state index contributed by atoms with van der Waals surface area (Å²) in [5, 5.41) is 16.7. The highest BCUT2D eigenvalue weighted by Gasteiger charge is 2.13. The molecule has 3 rings (SSSR count). The number of nitrogens with one attached hydrogen (secondary N) is 1. The van der Waals surface area contributed by atoms with Crippen molar-refractivity contribution in [2.45, 2.75) is 0 Å². The minimum atomic E-state index is -0.384. The van der Waals surface area contributed by atoms with Crippen LogP contribution < -0.4 is 5.32 Å². The number of carbonyl (C=O) groups is 1. The minimum absolute atomic E-state index is 0.0548. The van der Waals surface area contributed by atoms with Crippen molar-refractivity contribution in [2.24, 2.45) is 0 Å². The number of aromatic nitrogens is 2. The number of para-hydroxylation sites is 2. The van der Waals surface area contributed by atoms with Crippen LogP contribution in [0.15, 0.2) is 66.9 Å². The van der Waals surface area contributed by atoms with Gasteiger partial charge in [0.2, 0.25) is 0 Å². The average molecular weight is 279 g/mol. The zero-order valence-corrected chi connectivity index (χ0v) is 11.1. The SMILES string of the molecule is O=C(Nc1ccnn1-c1ccccc1)c1ccccc1O. The minimum Gasteiger partial charge on any atom is -0.507 e. The molecule has 1 amide bonds. The van der Waals surface area contributed by atoms with E-state index in [2.05, 4.69) is 10.4 Å². The van der Waals surface area contributed by atoms with E-state index in [9.17, 15) is 9.90 Å². The zero-order chi connectivity index (χ0) is 14.7. The summed E-state index contributed by atoms with van der Waals surface area (Å²) in [5.74, 6) is 0.0982. The summed E-state index contributed by atoms with van der Waals surface area (Å²) in [4.78, 5) is 12.2. The number of phenols is 1. The van der Waals surface area contributed by atoms with Crippen LogP contribution in [0.4, 0.5) is 5.82 Å². The zero-order valence-electron chi connectivity index (χ0n) is 11.1. The van der Waals surface area contributed by atoms with Gasteiger partial charge in [-0.25, -0.2) is 4.68 Å². The predicted molar refractivity (Wildman–Crippen MR) is 79.6 cm³/mol. The van der Waals surface area contributed by atoms with Crippen LogP contribution in [0, 0.1) is 0 Å². The van der Waals surface area contributed by atoms with Crippen LogP contribution in [0.2, 0.25) is 0 Å². The second-order valence-electron chi connectivity index (χ2n) is 4.44. The van der Waals surface area contributed by atoms with Crippen LogP contribution in [-0.2, 0) is 0 Å².